The van der Waals surface area contributed by atoms with Crippen molar-refractivity contribution in [2.24, 2.45) is 0 Å². The largest absolute Gasteiger partial charge is 0.488 e. The van der Waals surface area contributed by atoms with Gasteiger partial charge in [-0.25, -0.2) is 0 Å². The van der Waals surface area contributed by atoms with Gasteiger partial charge < -0.3 is 14.4 Å². The summed E-state index contributed by atoms with van der Waals surface area (Å²) in [5.74, 6) is 0.740. The van der Waals surface area contributed by atoms with Crippen molar-refractivity contribution in [3.05, 3.63) is 113 Å². The second kappa shape index (κ2) is 10.1. The molecule has 0 saturated heterocycles. The van der Waals surface area contributed by atoms with Gasteiger partial charge in [-0.3, -0.25) is 4.79 Å². The molecule has 5 rings (SSSR count). The highest BCUT2D eigenvalue weighted by Gasteiger charge is 2.25. The molecular weight excluding hydrogens is 422 g/mol. The van der Waals surface area contributed by atoms with E-state index in [1.54, 1.807) is 10.6 Å². The molecule has 0 amide bonds. The molecular formula is C30H29NO3. The molecule has 3 aromatic carbocycles. The molecule has 0 spiro atoms. The van der Waals surface area contributed by atoms with Crippen molar-refractivity contribution in [2.45, 2.75) is 44.4 Å². The molecule has 4 aromatic rings. The van der Waals surface area contributed by atoms with E-state index >= 15 is 0 Å². The molecule has 1 aliphatic carbocycles. The second-order valence-electron chi connectivity index (χ2n) is 8.93. The Morgan fingerprint density at radius 3 is 2.26 bits per heavy atom. The number of rotatable bonds is 6. The summed E-state index contributed by atoms with van der Waals surface area (Å²) in [5, 5.41) is 10.4. The number of hydrogen-bond acceptors (Lipinski definition) is 3. The second-order valence-corrected chi connectivity index (χ2v) is 8.93. The zero-order valence-electron chi connectivity index (χ0n) is 19.1. The van der Waals surface area contributed by atoms with Crippen LogP contribution in [0.2, 0.25) is 0 Å². The predicted molar refractivity (Wildman–Crippen MR) is 136 cm³/mol. The summed E-state index contributed by atoms with van der Waals surface area (Å²) in [6, 6.07) is 30.0. The van der Waals surface area contributed by atoms with Gasteiger partial charge in [-0.15, -0.1) is 0 Å². The summed E-state index contributed by atoms with van der Waals surface area (Å²) >= 11 is 0. The summed E-state index contributed by atoms with van der Waals surface area (Å²) in [4.78, 5) is 12.9. The average Bonchev–Trinajstić information content (AvgIpc) is 2.89. The molecule has 4 heteroatoms. The molecule has 1 fully saturated rings. The van der Waals surface area contributed by atoms with Gasteiger partial charge in [0.25, 0.3) is 5.56 Å². The number of pyridine rings is 1. The fourth-order valence-corrected chi connectivity index (χ4v) is 4.76. The summed E-state index contributed by atoms with van der Waals surface area (Å²) in [5.41, 5.74) is 5.06. The maximum atomic E-state index is 12.9. The molecule has 1 heterocycles. The highest BCUT2D eigenvalue weighted by Crippen LogP contribution is 2.31. The molecule has 0 aliphatic heterocycles. The number of benzene rings is 3. The van der Waals surface area contributed by atoms with Crippen LogP contribution < -0.4 is 10.3 Å². The molecule has 1 saturated carbocycles. The molecule has 34 heavy (non-hydrogen) atoms. The van der Waals surface area contributed by atoms with Crippen LogP contribution in [-0.4, -0.2) is 15.8 Å². The van der Waals surface area contributed by atoms with Gasteiger partial charge in [0.2, 0.25) is 0 Å². The Morgan fingerprint density at radius 1 is 0.794 bits per heavy atom. The summed E-state index contributed by atoms with van der Waals surface area (Å²) in [6.07, 6.45) is 5.01. The van der Waals surface area contributed by atoms with E-state index < -0.39 is 6.10 Å². The van der Waals surface area contributed by atoms with Crippen molar-refractivity contribution >= 4 is 0 Å². The number of nitrogens with zero attached hydrogens (tertiary/aromatic N) is 1. The van der Waals surface area contributed by atoms with Crippen LogP contribution in [-0.2, 0) is 6.61 Å². The van der Waals surface area contributed by atoms with Crippen molar-refractivity contribution in [3.8, 4) is 28.0 Å². The zero-order chi connectivity index (χ0) is 23.3. The molecule has 172 valence electrons. The van der Waals surface area contributed by atoms with Crippen molar-refractivity contribution < 1.29 is 9.84 Å². The van der Waals surface area contributed by atoms with Crippen molar-refractivity contribution in [2.75, 3.05) is 0 Å². The van der Waals surface area contributed by atoms with E-state index in [9.17, 15) is 9.90 Å². The normalized spacial score (nSPS) is 17.9. The lowest BCUT2D eigenvalue weighted by Gasteiger charge is -2.29. The van der Waals surface area contributed by atoms with E-state index in [0.717, 1.165) is 48.1 Å². The average molecular weight is 452 g/mol. The van der Waals surface area contributed by atoms with Crippen molar-refractivity contribution in [1.82, 2.24) is 4.57 Å². The maximum absolute atomic E-state index is 12.9. The lowest BCUT2D eigenvalue weighted by Crippen LogP contribution is -2.34. The van der Waals surface area contributed by atoms with Crippen LogP contribution in [0.3, 0.4) is 0 Å². The fourth-order valence-electron chi connectivity index (χ4n) is 4.76. The topological polar surface area (TPSA) is 51.5 Å². The molecule has 0 bridgehead atoms. The highest BCUT2D eigenvalue weighted by molar-refractivity contribution is 5.70. The number of aliphatic hydroxyl groups is 1. The van der Waals surface area contributed by atoms with Crippen LogP contribution in [0, 0.1) is 0 Å². The van der Waals surface area contributed by atoms with Crippen LogP contribution in [0.5, 0.6) is 5.75 Å². The smallest absolute Gasteiger partial charge is 0.251 e. The van der Waals surface area contributed by atoms with Gasteiger partial charge in [-0.05, 0) is 47.2 Å². The summed E-state index contributed by atoms with van der Waals surface area (Å²) in [6.45, 7) is 0.442. The van der Waals surface area contributed by atoms with Gasteiger partial charge in [-0.1, -0.05) is 85.6 Å². The molecule has 0 radical (unpaired) electrons. The monoisotopic (exact) mass is 451 g/mol. The van der Waals surface area contributed by atoms with Gasteiger partial charge in [0, 0.05) is 17.8 Å². The van der Waals surface area contributed by atoms with E-state index in [4.69, 9.17) is 4.74 Å². The Labute approximate surface area is 200 Å². The van der Waals surface area contributed by atoms with Gasteiger partial charge >= 0.3 is 0 Å². The lowest BCUT2D eigenvalue weighted by atomic mass is 9.92. The Balaban J connectivity index is 1.33. The maximum Gasteiger partial charge on any atom is 0.251 e. The van der Waals surface area contributed by atoms with Crippen LogP contribution in [0.15, 0.2) is 102 Å². The minimum Gasteiger partial charge on any atom is -0.488 e. The standard InChI is InChI=1S/C30H29NO3/c32-28-12-6-5-11-27(28)31-19-18-25(20-30(31)33)26-10-4-7-13-29(26)34-21-22-14-16-24(17-15-22)23-8-2-1-3-9-23/h1-4,7-10,13-20,27-28,32H,5-6,11-12,21H2/t27-,28-/m0/s1. The van der Waals surface area contributed by atoms with Gasteiger partial charge in [0.05, 0.1) is 12.1 Å². The third-order valence-corrected chi connectivity index (χ3v) is 6.65. The fraction of sp³-hybridized carbons (Fsp3) is 0.233. The van der Waals surface area contributed by atoms with Crippen LogP contribution in [0.4, 0.5) is 0 Å². The third kappa shape index (κ3) is 4.82. The summed E-state index contributed by atoms with van der Waals surface area (Å²) < 4.78 is 7.86. The lowest BCUT2D eigenvalue weighted by molar-refractivity contribution is 0.0738. The molecule has 1 aliphatic rings. The number of ether oxygens (including phenoxy) is 1. The minimum atomic E-state index is -0.457. The SMILES string of the molecule is O=c1cc(-c2ccccc2OCc2ccc(-c3ccccc3)cc2)ccn1[C@H]1CCCC[C@@H]1O. The minimum absolute atomic E-state index is 0.0882. The first kappa shape index (κ1) is 22.2. The number of hydrogen-bond donors (Lipinski definition) is 1. The first-order valence-corrected chi connectivity index (χ1v) is 12.0. The number of aromatic nitrogens is 1. The van der Waals surface area contributed by atoms with E-state index in [-0.39, 0.29) is 11.6 Å². The summed E-state index contributed by atoms with van der Waals surface area (Å²) in [7, 11) is 0. The van der Waals surface area contributed by atoms with Gasteiger partial charge in [0.1, 0.15) is 12.4 Å². The van der Waals surface area contributed by atoms with Crippen LogP contribution in [0.1, 0.15) is 37.3 Å². The Kier molecular flexibility index (Phi) is 6.59. The van der Waals surface area contributed by atoms with Crippen molar-refractivity contribution in [3.63, 3.8) is 0 Å². The van der Waals surface area contributed by atoms with Crippen molar-refractivity contribution in [1.29, 1.82) is 0 Å². The Morgan fingerprint density at radius 2 is 1.50 bits per heavy atom. The third-order valence-electron chi connectivity index (χ3n) is 6.65. The molecule has 4 nitrogen and oxygen atoms in total. The van der Waals surface area contributed by atoms with Gasteiger partial charge in [0.15, 0.2) is 0 Å². The van der Waals surface area contributed by atoms with E-state index in [1.807, 2.05) is 54.7 Å². The quantitative estimate of drug-likeness (QED) is 0.378. The number of aliphatic hydroxyl groups excluding tert-OH is 1. The molecule has 2 atom stereocenters. The first-order chi connectivity index (χ1) is 16.7. The molecule has 1 N–H and O–H groups in total. The van der Waals surface area contributed by atoms with E-state index in [1.165, 1.54) is 11.1 Å². The number of para-hydroxylation sites is 1. The Hall–Kier alpha value is -3.63. The molecule has 0 unspecified atom stereocenters. The first-order valence-electron chi connectivity index (χ1n) is 12.0. The zero-order valence-corrected chi connectivity index (χ0v) is 19.1. The van der Waals surface area contributed by atoms with Crippen LogP contribution >= 0.6 is 0 Å². The van der Waals surface area contributed by atoms with E-state index in [2.05, 4.69) is 36.4 Å². The Bertz CT molecular complexity index is 1290. The van der Waals surface area contributed by atoms with E-state index in [0.29, 0.717) is 6.61 Å². The molecule has 1 aromatic heterocycles. The predicted octanol–water partition coefficient (Wildman–Crippen LogP) is 6.24. The van der Waals surface area contributed by atoms with Crippen LogP contribution in [0.25, 0.3) is 22.3 Å². The highest BCUT2D eigenvalue weighted by atomic mass is 16.5. The van der Waals surface area contributed by atoms with Gasteiger partial charge in [-0.2, -0.15) is 0 Å².